The van der Waals surface area contributed by atoms with E-state index in [1.54, 1.807) is 13.8 Å². The third kappa shape index (κ3) is 6.90. The first-order valence-electron chi connectivity index (χ1n) is 4.97. The van der Waals surface area contributed by atoms with E-state index in [4.69, 9.17) is 5.11 Å². The maximum Gasteiger partial charge on any atom is 0.323 e. The molecule has 2 N–H and O–H groups in total. The van der Waals surface area contributed by atoms with Crippen molar-refractivity contribution in [1.82, 2.24) is 4.72 Å². The van der Waals surface area contributed by atoms with Gasteiger partial charge in [-0.15, -0.1) is 0 Å². The Morgan fingerprint density at radius 1 is 1.35 bits per heavy atom. The van der Waals surface area contributed by atoms with Gasteiger partial charge in [-0.2, -0.15) is 0 Å². The fraction of sp³-hybridized carbons (Fsp3) is 0.778. The Bertz CT molecular complexity index is 375. The Hall–Kier alpha value is -1.15. The second-order valence-electron chi connectivity index (χ2n) is 3.98. The number of ether oxygens (including phenoxy) is 1. The van der Waals surface area contributed by atoms with E-state index >= 15 is 0 Å². The van der Waals surface area contributed by atoms with Crippen molar-refractivity contribution in [3.8, 4) is 0 Å². The van der Waals surface area contributed by atoms with Crippen molar-refractivity contribution in [2.75, 3.05) is 12.9 Å². The summed E-state index contributed by atoms with van der Waals surface area (Å²) in [5.41, 5.74) is 0. The molecule has 1 atom stereocenters. The summed E-state index contributed by atoms with van der Waals surface area (Å²) in [6.45, 7) is 3.61. The number of hydrogen-bond donors (Lipinski definition) is 2. The Morgan fingerprint density at radius 2 is 1.88 bits per heavy atom. The van der Waals surface area contributed by atoms with E-state index in [-0.39, 0.29) is 12.3 Å². The standard InChI is InChI=1S/C9H17NO6S/c1-6(2)4-7(9(13)16-3)10-17(14,15)5-8(11)12/h6-7,10H,4-5H2,1-3H3,(H,11,12). The molecule has 7 nitrogen and oxygen atoms in total. The Morgan fingerprint density at radius 3 is 2.24 bits per heavy atom. The highest BCUT2D eigenvalue weighted by Crippen LogP contribution is 2.07. The summed E-state index contributed by atoms with van der Waals surface area (Å²) in [6.07, 6.45) is 0.242. The number of nitrogens with one attached hydrogen (secondary N) is 1. The number of carboxylic acid groups (broad SMARTS) is 1. The number of carboxylic acids is 1. The molecule has 0 saturated carbocycles. The van der Waals surface area contributed by atoms with Gasteiger partial charge in [-0.3, -0.25) is 9.59 Å². The third-order valence-corrected chi connectivity index (χ3v) is 3.10. The van der Waals surface area contributed by atoms with E-state index in [0.717, 1.165) is 7.11 Å². The lowest BCUT2D eigenvalue weighted by Crippen LogP contribution is -2.44. The number of carbonyl (C=O) groups is 2. The second kappa shape index (κ2) is 6.55. The van der Waals surface area contributed by atoms with Crippen LogP contribution in [0.5, 0.6) is 0 Å². The zero-order chi connectivity index (χ0) is 13.6. The van der Waals surface area contributed by atoms with Crippen LogP contribution in [-0.4, -0.2) is 44.4 Å². The topological polar surface area (TPSA) is 110 Å². The van der Waals surface area contributed by atoms with Crippen LogP contribution in [0.4, 0.5) is 0 Å². The number of hydrogen-bond acceptors (Lipinski definition) is 5. The van der Waals surface area contributed by atoms with E-state index in [2.05, 4.69) is 4.74 Å². The van der Waals surface area contributed by atoms with Crippen LogP contribution in [0.15, 0.2) is 0 Å². The minimum absolute atomic E-state index is 0.0617. The predicted octanol–water partition coefficient (Wildman–Crippen LogP) is -0.422. The fourth-order valence-corrected chi connectivity index (χ4v) is 2.26. The molecule has 0 aromatic carbocycles. The van der Waals surface area contributed by atoms with Gasteiger partial charge >= 0.3 is 11.9 Å². The average molecular weight is 267 g/mol. The number of sulfonamides is 1. The molecule has 0 radical (unpaired) electrons. The number of methoxy groups -OCH3 is 1. The zero-order valence-electron chi connectivity index (χ0n) is 9.97. The second-order valence-corrected chi connectivity index (χ2v) is 5.73. The molecule has 0 bridgehead atoms. The van der Waals surface area contributed by atoms with Gasteiger partial charge in [0.1, 0.15) is 6.04 Å². The van der Waals surface area contributed by atoms with Crippen molar-refractivity contribution >= 4 is 22.0 Å². The lowest BCUT2D eigenvalue weighted by Gasteiger charge is -2.17. The Kier molecular flexibility index (Phi) is 6.11. The highest BCUT2D eigenvalue weighted by atomic mass is 32.2. The minimum Gasteiger partial charge on any atom is -0.480 e. The van der Waals surface area contributed by atoms with E-state index in [1.807, 2.05) is 4.72 Å². The van der Waals surface area contributed by atoms with Crippen molar-refractivity contribution in [3.05, 3.63) is 0 Å². The number of esters is 1. The third-order valence-electron chi connectivity index (χ3n) is 1.83. The number of aliphatic carboxylic acids is 1. The lowest BCUT2D eigenvalue weighted by atomic mass is 10.1. The SMILES string of the molecule is COC(=O)C(CC(C)C)NS(=O)(=O)CC(=O)O. The van der Waals surface area contributed by atoms with Crippen LogP contribution in [0, 0.1) is 5.92 Å². The molecule has 8 heteroatoms. The molecule has 0 aliphatic rings. The summed E-state index contributed by atoms with van der Waals surface area (Å²) in [5.74, 6) is -3.22. The molecule has 17 heavy (non-hydrogen) atoms. The molecule has 0 aromatic heterocycles. The number of rotatable bonds is 7. The first-order valence-corrected chi connectivity index (χ1v) is 6.62. The van der Waals surface area contributed by atoms with Crippen molar-refractivity contribution in [2.45, 2.75) is 26.3 Å². The van der Waals surface area contributed by atoms with E-state index in [9.17, 15) is 18.0 Å². The maximum absolute atomic E-state index is 11.4. The van der Waals surface area contributed by atoms with Gasteiger partial charge in [0.2, 0.25) is 10.0 Å². The van der Waals surface area contributed by atoms with Crippen molar-refractivity contribution < 1.29 is 27.9 Å². The van der Waals surface area contributed by atoms with Gasteiger partial charge in [0, 0.05) is 0 Å². The molecular formula is C9H17NO6S. The first-order chi connectivity index (χ1) is 7.68. The number of carbonyl (C=O) groups excluding carboxylic acids is 1. The van der Waals surface area contributed by atoms with Crippen molar-refractivity contribution in [1.29, 1.82) is 0 Å². The van der Waals surface area contributed by atoms with Crippen LogP contribution in [0.25, 0.3) is 0 Å². The van der Waals surface area contributed by atoms with Crippen LogP contribution >= 0.6 is 0 Å². The van der Waals surface area contributed by atoms with Crippen LogP contribution in [0.2, 0.25) is 0 Å². The molecule has 0 aliphatic heterocycles. The molecular weight excluding hydrogens is 250 g/mol. The smallest absolute Gasteiger partial charge is 0.323 e. The summed E-state index contributed by atoms with van der Waals surface area (Å²) in [4.78, 5) is 21.6. The van der Waals surface area contributed by atoms with Crippen LogP contribution in [0.3, 0.4) is 0 Å². The molecule has 0 rings (SSSR count). The molecule has 0 aromatic rings. The van der Waals surface area contributed by atoms with Crippen molar-refractivity contribution in [2.24, 2.45) is 5.92 Å². The molecule has 0 saturated heterocycles. The molecule has 0 amide bonds. The predicted molar refractivity (Wildman–Crippen MR) is 59.8 cm³/mol. The van der Waals surface area contributed by atoms with Crippen molar-refractivity contribution in [3.63, 3.8) is 0 Å². The van der Waals surface area contributed by atoms with Gasteiger partial charge in [0.05, 0.1) is 7.11 Å². The van der Waals surface area contributed by atoms with Gasteiger partial charge in [-0.05, 0) is 12.3 Å². The average Bonchev–Trinajstić information content (AvgIpc) is 2.12. The fourth-order valence-electron chi connectivity index (χ4n) is 1.23. The molecule has 100 valence electrons. The minimum atomic E-state index is -4.03. The van der Waals surface area contributed by atoms with Crippen LogP contribution in [-0.2, 0) is 24.3 Å². The summed E-state index contributed by atoms with van der Waals surface area (Å²) in [5, 5.41) is 8.40. The summed E-state index contributed by atoms with van der Waals surface area (Å²) in [7, 11) is -2.89. The van der Waals surface area contributed by atoms with E-state index in [0.29, 0.717) is 0 Å². The van der Waals surface area contributed by atoms with Crippen LogP contribution in [0.1, 0.15) is 20.3 Å². The quantitative estimate of drug-likeness (QED) is 0.606. The normalized spacial score (nSPS) is 13.4. The zero-order valence-corrected chi connectivity index (χ0v) is 10.8. The highest BCUT2D eigenvalue weighted by Gasteiger charge is 2.27. The van der Waals surface area contributed by atoms with E-state index < -0.39 is 33.8 Å². The summed E-state index contributed by atoms with van der Waals surface area (Å²) >= 11 is 0. The summed E-state index contributed by atoms with van der Waals surface area (Å²) < 4.78 is 29.2. The first kappa shape index (κ1) is 15.9. The molecule has 0 fully saturated rings. The van der Waals surface area contributed by atoms with Gasteiger partial charge in [0.15, 0.2) is 5.75 Å². The van der Waals surface area contributed by atoms with Gasteiger partial charge in [-0.1, -0.05) is 13.8 Å². The molecule has 0 aliphatic carbocycles. The van der Waals surface area contributed by atoms with Gasteiger partial charge in [-0.25, -0.2) is 13.1 Å². The Balaban J connectivity index is 4.74. The monoisotopic (exact) mass is 267 g/mol. The molecule has 0 heterocycles. The largest absolute Gasteiger partial charge is 0.480 e. The highest BCUT2D eigenvalue weighted by molar-refractivity contribution is 7.90. The lowest BCUT2D eigenvalue weighted by molar-refractivity contribution is -0.143. The van der Waals surface area contributed by atoms with Gasteiger partial charge in [0.25, 0.3) is 0 Å². The molecule has 0 spiro atoms. The van der Waals surface area contributed by atoms with E-state index in [1.165, 1.54) is 0 Å². The van der Waals surface area contributed by atoms with Gasteiger partial charge < -0.3 is 9.84 Å². The van der Waals surface area contributed by atoms with Crippen LogP contribution < -0.4 is 4.72 Å². The molecule has 1 unspecified atom stereocenters. The maximum atomic E-state index is 11.4. The summed E-state index contributed by atoms with van der Waals surface area (Å²) in [6, 6.07) is -1.05. The Labute approximate surface area is 100 Å².